The molecule has 0 aliphatic rings. The summed E-state index contributed by atoms with van der Waals surface area (Å²) in [6, 6.07) is 15.9. The van der Waals surface area contributed by atoms with Crippen LogP contribution in [0.25, 0.3) is 0 Å². The molecule has 0 unspecified atom stereocenters. The van der Waals surface area contributed by atoms with E-state index in [1.54, 1.807) is 0 Å². The molecular weight excluding hydrogens is 375 g/mol. The van der Waals surface area contributed by atoms with Gasteiger partial charge in [0.05, 0.1) is 6.54 Å². The standard InChI is InChI=1S/C17H19IN2O/c1-12(2)15-5-3-4-6-16(15)20-17(21)11-19-14-9-7-13(18)8-10-14/h3-10,12,19H,11H2,1-2H3,(H,20,21). The van der Waals surface area contributed by atoms with Gasteiger partial charge >= 0.3 is 0 Å². The van der Waals surface area contributed by atoms with Crippen LogP contribution in [0.5, 0.6) is 0 Å². The molecular formula is C17H19IN2O. The van der Waals surface area contributed by atoms with Crippen molar-refractivity contribution in [3.63, 3.8) is 0 Å². The van der Waals surface area contributed by atoms with Gasteiger partial charge in [-0.1, -0.05) is 32.0 Å². The van der Waals surface area contributed by atoms with Crippen LogP contribution in [0.15, 0.2) is 48.5 Å². The lowest BCUT2D eigenvalue weighted by atomic mass is 10.0. The Labute approximate surface area is 139 Å². The molecule has 2 aromatic rings. The molecule has 0 atom stereocenters. The smallest absolute Gasteiger partial charge is 0.243 e. The molecule has 0 spiro atoms. The van der Waals surface area contributed by atoms with Crippen molar-refractivity contribution in [1.29, 1.82) is 0 Å². The van der Waals surface area contributed by atoms with Gasteiger partial charge in [0.2, 0.25) is 5.91 Å². The summed E-state index contributed by atoms with van der Waals surface area (Å²) in [4.78, 5) is 12.1. The predicted octanol–water partition coefficient (Wildman–Crippen LogP) is 4.47. The van der Waals surface area contributed by atoms with Gasteiger partial charge in [-0.3, -0.25) is 4.79 Å². The number of carbonyl (C=O) groups excluding carboxylic acids is 1. The minimum atomic E-state index is -0.0401. The molecule has 3 nitrogen and oxygen atoms in total. The average Bonchev–Trinajstić information content (AvgIpc) is 2.47. The first-order valence-corrected chi connectivity index (χ1v) is 8.02. The Kier molecular flexibility index (Phi) is 5.61. The fraction of sp³-hybridized carbons (Fsp3) is 0.235. The van der Waals surface area contributed by atoms with Crippen molar-refractivity contribution in [3.8, 4) is 0 Å². The van der Waals surface area contributed by atoms with Crippen LogP contribution in [0.4, 0.5) is 11.4 Å². The Morgan fingerprint density at radius 3 is 2.43 bits per heavy atom. The second-order valence-corrected chi connectivity index (χ2v) is 6.40. The summed E-state index contributed by atoms with van der Waals surface area (Å²) in [7, 11) is 0. The van der Waals surface area contributed by atoms with Crippen LogP contribution in [-0.2, 0) is 4.79 Å². The van der Waals surface area contributed by atoms with Gasteiger partial charge in [-0.25, -0.2) is 0 Å². The lowest BCUT2D eigenvalue weighted by Gasteiger charge is -2.14. The van der Waals surface area contributed by atoms with Gasteiger partial charge in [0.1, 0.15) is 0 Å². The number of nitrogens with one attached hydrogen (secondary N) is 2. The van der Waals surface area contributed by atoms with Crippen molar-refractivity contribution >= 4 is 39.9 Å². The monoisotopic (exact) mass is 394 g/mol. The average molecular weight is 394 g/mol. The molecule has 1 amide bonds. The van der Waals surface area contributed by atoms with Crippen molar-refractivity contribution in [2.75, 3.05) is 17.2 Å². The van der Waals surface area contributed by atoms with Gasteiger partial charge in [-0.05, 0) is 64.4 Å². The summed E-state index contributed by atoms with van der Waals surface area (Å²) in [5.74, 6) is 0.340. The van der Waals surface area contributed by atoms with Gasteiger partial charge in [0, 0.05) is 14.9 Å². The summed E-state index contributed by atoms with van der Waals surface area (Å²) in [6.45, 7) is 4.50. The highest BCUT2D eigenvalue weighted by Gasteiger charge is 2.08. The van der Waals surface area contributed by atoms with Gasteiger partial charge < -0.3 is 10.6 Å². The van der Waals surface area contributed by atoms with Crippen LogP contribution >= 0.6 is 22.6 Å². The normalized spacial score (nSPS) is 10.5. The van der Waals surface area contributed by atoms with Crippen LogP contribution < -0.4 is 10.6 Å². The van der Waals surface area contributed by atoms with Crippen molar-refractivity contribution < 1.29 is 4.79 Å². The van der Waals surface area contributed by atoms with Crippen LogP contribution in [0.2, 0.25) is 0 Å². The minimum absolute atomic E-state index is 0.0401. The molecule has 2 rings (SSSR count). The van der Waals surface area contributed by atoms with E-state index in [1.807, 2.05) is 48.5 Å². The van der Waals surface area contributed by atoms with E-state index in [1.165, 1.54) is 3.57 Å². The third kappa shape index (κ3) is 4.74. The molecule has 0 bridgehead atoms. The first-order chi connectivity index (χ1) is 10.1. The molecule has 0 aromatic heterocycles. The van der Waals surface area contributed by atoms with E-state index >= 15 is 0 Å². The molecule has 4 heteroatoms. The third-order valence-electron chi connectivity index (χ3n) is 3.15. The van der Waals surface area contributed by atoms with Crippen molar-refractivity contribution in [2.24, 2.45) is 0 Å². The highest BCUT2D eigenvalue weighted by Crippen LogP contribution is 2.23. The van der Waals surface area contributed by atoms with E-state index in [-0.39, 0.29) is 12.5 Å². The Morgan fingerprint density at radius 1 is 1.10 bits per heavy atom. The molecule has 0 aliphatic carbocycles. The number of amides is 1. The fourth-order valence-corrected chi connectivity index (χ4v) is 2.42. The van der Waals surface area contributed by atoms with E-state index in [9.17, 15) is 4.79 Å². The maximum Gasteiger partial charge on any atom is 0.243 e. The molecule has 0 heterocycles. The molecule has 0 aliphatic heterocycles. The molecule has 0 fully saturated rings. The predicted molar refractivity (Wildman–Crippen MR) is 96.8 cm³/mol. The van der Waals surface area contributed by atoms with E-state index in [0.29, 0.717) is 5.92 Å². The summed E-state index contributed by atoms with van der Waals surface area (Å²) >= 11 is 2.26. The largest absolute Gasteiger partial charge is 0.376 e. The minimum Gasteiger partial charge on any atom is -0.376 e. The fourth-order valence-electron chi connectivity index (χ4n) is 2.06. The number of rotatable bonds is 5. The maximum absolute atomic E-state index is 12.1. The number of para-hydroxylation sites is 1. The Balaban J connectivity index is 1.94. The van der Waals surface area contributed by atoms with Gasteiger partial charge in [0.25, 0.3) is 0 Å². The molecule has 21 heavy (non-hydrogen) atoms. The number of anilines is 2. The number of carbonyl (C=O) groups is 1. The summed E-state index contributed by atoms with van der Waals surface area (Å²) in [6.07, 6.45) is 0. The first-order valence-electron chi connectivity index (χ1n) is 6.94. The quantitative estimate of drug-likeness (QED) is 0.735. The zero-order valence-electron chi connectivity index (χ0n) is 12.2. The second kappa shape index (κ2) is 7.45. The van der Waals surface area contributed by atoms with E-state index in [2.05, 4.69) is 47.1 Å². The molecule has 110 valence electrons. The van der Waals surface area contributed by atoms with Crippen LogP contribution in [0, 0.1) is 3.57 Å². The van der Waals surface area contributed by atoms with Crippen LogP contribution in [0.3, 0.4) is 0 Å². The number of benzene rings is 2. The maximum atomic E-state index is 12.1. The Bertz CT molecular complexity index is 608. The molecule has 2 N–H and O–H groups in total. The molecule has 2 aromatic carbocycles. The van der Waals surface area contributed by atoms with Gasteiger partial charge in [-0.15, -0.1) is 0 Å². The van der Waals surface area contributed by atoms with Crippen molar-refractivity contribution in [2.45, 2.75) is 19.8 Å². The van der Waals surface area contributed by atoms with Crippen molar-refractivity contribution in [1.82, 2.24) is 0 Å². The van der Waals surface area contributed by atoms with E-state index in [4.69, 9.17) is 0 Å². The van der Waals surface area contributed by atoms with Gasteiger partial charge in [-0.2, -0.15) is 0 Å². The van der Waals surface area contributed by atoms with Crippen molar-refractivity contribution in [3.05, 3.63) is 57.7 Å². The Hall–Kier alpha value is -1.56. The summed E-state index contributed by atoms with van der Waals surface area (Å²) in [5.41, 5.74) is 2.99. The summed E-state index contributed by atoms with van der Waals surface area (Å²) in [5, 5.41) is 6.10. The highest BCUT2D eigenvalue weighted by atomic mass is 127. The number of hydrogen-bond acceptors (Lipinski definition) is 2. The summed E-state index contributed by atoms with van der Waals surface area (Å²) < 4.78 is 1.17. The molecule has 0 saturated heterocycles. The topological polar surface area (TPSA) is 41.1 Å². The SMILES string of the molecule is CC(C)c1ccccc1NC(=O)CNc1ccc(I)cc1. The highest BCUT2D eigenvalue weighted by molar-refractivity contribution is 14.1. The molecule has 0 saturated carbocycles. The van der Waals surface area contributed by atoms with Crippen LogP contribution in [0.1, 0.15) is 25.3 Å². The third-order valence-corrected chi connectivity index (χ3v) is 3.87. The number of hydrogen-bond donors (Lipinski definition) is 2. The van der Waals surface area contributed by atoms with E-state index in [0.717, 1.165) is 16.9 Å². The zero-order valence-corrected chi connectivity index (χ0v) is 14.3. The zero-order chi connectivity index (χ0) is 15.2. The molecule has 0 radical (unpaired) electrons. The van der Waals surface area contributed by atoms with Gasteiger partial charge in [0.15, 0.2) is 0 Å². The first kappa shape index (κ1) is 15.8. The number of halogens is 1. The van der Waals surface area contributed by atoms with E-state index < -0.39 is 0 Å². The Morgan fingerprint density at radius 2 is 1.76 bits per heavy atom. The lowest BCUT2D eigenvalue weighted by Crippen LogP contribution is -2.22. The van der Waals surface area contributed by atoms with Crippen LogP contribution in [-0.4, -0.2) is 12.5 Å². The lowest BCUT2D eigenvalue weighted by molar-refractivity contribution is -0.114. The second-order valence-electron chi connectivity index (χ2n) is 5.15.